The Labute approximate surface area is 102 Å². The molecule has 0 radical (unpaired) electrons. The van der Waals surface area contributed by atoms with Crippen LogP contribution in [0, 0.1) is 0 Å². The van der Waals surface area contributed by atoms with E-state index in [1.165, 1.54) is 20.4 Å². The van der Waals surface area contributed by atoms with E-state index in [2.05, 4.69) is 14.8 Å². The van der Waals surface area contributed by atoms with Gasteiger partial charge in [-0.1, -0.05) is 6.92 Å². The van der Waals surface area contributed by atoms with Gasteiger partial charge in [0.1, 0.15) is 12.2 Å². The van der Waals surface area contributed by atoms with E-state index < -0.39 is 10.2 Å². The molecular formula is C9H19N5O2S. The maximum atomic E-state index is 11.8. The highest BCUT2D eigenvalue weighted by Gasteiger charge is 2.23. The number of nitrogens with one attached hydrogen (secondary N) is 1. The van der Waals surface area contributed by atoms with Crippen LogP contribution in [-0.4, -0.2) is 41.6 Å². The molecule has 0 amide bonds. The minimum atomic E-state index is -3.46. The lowest BCUT2D eigenvalue weighted by Gasteiger charge is -2.19. The Balaban J connectivity index is 2.94. The van der Waals surface area contributed by atoms with Crippen LogP contribution in [0.25, 0.3) is 0 Å². The fraction of sp³-hybridized carbons (Fsp3) is 0.778. The van der Waals surface area contributed by atoms with Crippen molar-refractivity contribution in [2.75, 3.05) is 14.1 Å². The van der Waals surface area contributed by atoms with Gasteiger partial charge in [-0.3, -0.25) is 0 Å². The summed E-state index contributed by atoms with van der Waals surface area (Å²) in [4.78, 5) is 4.11. The third-order valence-corrected chi connectivity index (χ3v) is 3.98. The van der Waals surface area contributed by atoms with Crippen molar-refractivity contribution in [1.82, 2.24) is 23.8 Å². The highest BCUT2D eigenvalue weighted by Crippen LogP contribution is 2.15. The van der Waals surface area contributed by atoms with Crippen molar-refractivity contribution in [2.24, 2.45) is 0 Å². The van der Waals surface area contributed by atoms with Gasteiger partial charge >= 0.3 is 0 Å². The summed E-state index contributed by atoms with van der Waals surface area (Å²) in [6, 6.07) is -0.357. The number of aryl methyl sites for hydroxylation is 1. The molecule has 1 atom stereocenters. The summed E-state index contributed by atoms with van der Waals surface area (Å²) in [6.45, 7) is 4.50. The fourth-order valence-electron chi connectivity index (χ4n) is 1.39. The number of hydrogen-bond acceptors (Lipinski definition) is 4. The molecule has 1 heterocycles. The second-order valence-corrected chi connectivity index (χ2v) is 5.72. The molecule has 0 aliphatic rings. The van der Waals surface area contributed by atoms with E-state index in [-0.39, 0.29) is 6.04 Å². The molecule has 0 aromatic carbocycles. The average Bonchev–Trinajstić information content (AvgIpc) is 2.73. The van der Waals surface area contributed by atoms with Crippen LogP contribution in [-0.2, 0) is 16.8 Å². The van der Waals surface area contributed by atoms with Gasteiger partial charge in [-0.15, -0.1) is 0 Å². The normalized spacial score (nSPS) is 14.2. The molecule has 1 N–H and O–H groups in total. The quantitative estimate of drug-likeness (QED) is 0.790. The SMILES string of the molecule is CCC(NS(=O)(=O)N(C)C)c1ncnn1CC. The molecule has 0 spiro atoms. The standard InChI is InChI=1S/C9H19N5O2S/c1-5-8(12-17(15,16)13(3)4)9-10-7-11-14(9)6-2/h7-8,12H,5-6H2,1-4H3. The first-order valence-electron chi connectivity index (χ1n) is 5.49. The van der Waals surface area contributed by atoms with Crippen molar-refractivity contribution < 1.29 is 8.42 Å². The third kappa shape index (κ3) is 3.24. The maximum absolute atomic E-state index is 11.8. The van der Waals surface area contributed by atoms with Gasteiger partial charge in [-0.25, -0.2) is 9.67 Å². The van der Waals surface area contributed by atoms with Crippen LogP contribution in [0.1, 0.15) is 32.1 Å². The summed E-state index contributed by atoms with van der Waals surface area (Å²) < 4.78 is 28.9. The third-order valence-electron chi connectivity index (χ3n) is 2.44. The number of aromatic nitrogens is 3. The van der Waals surface area contributed by atoms with Crippen LogP contribution in [0.3, 0.4) is 0 Å². The zero-order valence-corrected chi connectivity index (χ0v) is 11.4. The Morgan fingerprint density at radius 2 is 2.12 bits per heavy atom. The Morgan fingerprint density at radius 1 is 1.47 bits per heavy atom. The first-order chi connectivity index (χ1) is 7.92. The number of rotatable bonds is 6. The lowest BCUT2D eigenvalue weighted by atomic mass is 10.2. The lowest BCUT2D eigenvalue weighted by molar-refractivity contribution is 0.465. The van der Waals surface area contributed by atoms with Crippen LogP contribution >= 0.6 is 0 Å². The highest BCUT2D eigenvalue weighted by molar-refractivity contribution is 7.87. The van der Waals surface area contributed by atoms with Gasteiger partial charge in [-0.05, 0) is 13.3 Å². The Morgan fingerprint density at radius 3 is 2.59 bits per heavy atom. The predicted octanol–water partition coefficient (Wildman–Crippen LogP) is 0.145. The second-order valence-electron chi connectivity index (χ2n) is 3.80. The summed E-state index contributed by atoms with van der Waals surface area (Å²) in [5.74, 6) is 0.639. The van der Waals surface area contributed by atoms with Gasteiger partial charge < -0.3 is 0 Å². The van der Waals surface area contributed by atoms with Gasteiger partial charge in [0, 0.05) is 20.6 Å². The predicted molar refractivity (Wildman–Crippen MR) is 64.5 cm³/mol. The fourth-order valence-corrected chi connectivity index (χ4v) is 2.23. The molecule has 0 aliphatic carbocycles. The summed E-state index contributed by atoms with van der Waals surface area (Å²) in [7, 11) is -0.487. The summed E-state index contributed by atoms with van der Waals surface area (Å²) in [5.41, 5.74) is 0. The van der Waals surface area contributed by atoms with E-state index >= 15 is 0 Å². The second kappa shape index (κ2) is 5.56. The van der Waals surface area contributed by atoms with Crippen LogP contribution in [0.4, 0.5) is 0 Å². The molecule has 98 valence electrons. The molecule has 1 rings (SSSR count). The van der Waals surface area contributed by atoms with E-state index in [9.17, 15) is 8.42 Å². The van der Waals surface area contributed by atoms with Crippen LogP contribution < -0.4 is 4.72 Å². The number of hydrogen-bond donors (Lipinski definition) is 1. The summed E-state index contributed by atoms with van der Waals surface area (Å²) >= 11 is 0. The van der Waals surface area contributed by atoms with E-state index in [0.29, 0.717) is 18.8 Å². The van der Waals surface area contributed by atoms with Crippen molar-refractivity contribution in [2.45, 2.75) is 32.9 Å². The van der Waals surface area contributed by atoms with Crippen molar-refractivity contribution in [1.29, 1.82) is 0 Å². The van der Waals surface area contributed by atoms with E-state index in [1.54, 1.807) is 4.68 Å². The molecule has 0 aliphatic heterocycles. The molecule has 1 aromatic heterocycles. The molecule has 0 fully saturated rings. The van der Waals surface area contributed by atoms with E-state index in [4.69, 9.17) is 0 Å². The molecule has 8 heteroatoms. The van der Waals surface area contributed by atoms with Crippen LogP contribution in [0.2, 0.25) is 0 Å². The molecule has 17 heavy (non-hydrogen) atoms. The molecule has 1 unspecified atom stereocenters. The maximum Gasteiger partial charge on any atom is 0.279 e. The van der Waals surface area contributed by atoms with Crippen molar-refractivity contribution in [3.63, 3.8) is 0 Å². The summed E-state index contributed by atoms with van der Waals surface area (Å²) in [6.07, 6.45) is 2.05. The van der Waals surface area contributed by atoms with Gasteiger partial charge in [0.15, 0.2) is 0 Å². The largest absolute Gasteiger partial charge is 0.279 e. The smallest absolute Gasteiger partial charge is 0.249 e. The molecule has 0 saturated heterocycles. The van der Waals surface area contributed by atoms with Crippen molar-refractivity contribution in [3.8, 4) is 0 Å². The van der Waals surface area contributed by atoms with Gasteiger partial charge in [-0.2, -0.15) is 22.5 Å². The topological polar surface area (TPSA) is 80.1 Å². The molecule has 0 bridgehead atoms. The van der Waals surface area contributed by atoms with Crippen molar-refractivity contribution >= 4 is 10.2 Å². The van der Waals surface area contributed by atoms with E-state index in [0.717, 1.165) is 4.31 Å². The van der Waals surface area contributed by atoms with Crippen molar-refractivity contribution in [3.05, 3.63) is 12.2 Å². The minimum absolute atomic E-state index is 0.357. The molecule has 1 aromatic rings. The highest BCUT2D eigenvalue weighted by atomic mass is 32.2. The zero-order valence-electron chi connectivity index (χ0n) is 10.6. The molecular weight excluding hydrogens is 242 g/mol. The number of nitrogens with zero attached hydrogens (tertiary/aromatic N) is 4. The average molecular weight is 261 g/mol. The van der Waals surface area contributed by atoms with Gasteiger partial charge in [0.05, 0.1) is 6.04 Å². The van der Waals surface area contributed by atoms with Gasteiger partial charge in [0.25, 0.3) is 10.2 Å². The molecule has 0 saturated carbocycles. The monoisotopic (exact) mass is 261 g/mol. The lowest BCUT2D eigenvalue weighted by Crippen LogP contribution is -2.38. The Hall–Kier alpha value is -0.990. The zero-order chi connectivity index (χ0) is 13.1. The Kier molecular flexibility index (Phi) is 4.61. The van der Waals surface area contributed by atoms with E-state index in [1.807, 2.05) is 13.8 Å². The van der Waals surface area contributed by atoms with Gasteiger partial charge in [0.2, 0.25) is 0 Å². The first-order valence-corrected chi connectivity index (χ1v) is 6.93. The Bertz CT molecular complexity index is 454. The summed E-state index contributed by atoms with van der Waals surface area (Å²) in [5, 5.41) is 4.04. The first kappa shape index (κ1) is 14.1. The molecule has 7 nitrogen and oxygen atoms in total. The minimum Gasteiger partial charge on any atom is -0.249 e. The van der Waals surface area contributed by atoms with Crippen LogP contribution in [0.5, 0.6) is 0 Å². The van der Waals surface area contributed by atoms with Crippen LogP contribution in [0.15, 0.2) is 6.33 Å².